The second-order valence-electron chi connectivity index (χ2n) is 4.61. The summed E-state index contributed by atoms with van der Waals surface area (Å²) in [5.41, 5.74) is 0. The number of hydrogen-bond acceptors (Lipinski definition) is 3. The largest absolute Gasteiger partial charge is 0.380 e. The van der Waals surface area contributed by atoms with Gasteiger partial charge in [-0.25, -0.2) is 0 Å². The highest BCUT2D eigenvalue weighted by Gasteiger charge is 2.25. The van der Waals surface area contributed by atoms with Gasteiger partial charge in [-0.2, -0.15) is 0 Å². The van der Waals surface area contributed by atoms with Gasteiger partial charge in [0.05, 0.1) is 12.6 Å². The molecule has 0 aliphatic heterocycles. The summed E-state index contributed by atoms with van der Waals surface area (Å²) >= 11 is 0. The average molecular weight is 242 g/mol. The molecular weight excluding hydrogens is 216 g/mol. The Morgan fingerprint density at radius 3 is 2.53 bits per heavy atom. The van der Waals surface area contributed by atoms with Crippen molar-refractivity contribution in [3.05, 3.63) is 0 Å². The van der Waals surface area contributed by atoms with Gasteiger partial charge in [0.1, 0.15) is 0 Å². The van der Waals surface area contributed by atoms with Crippen molar-refractivity contribution in [2.24, 2.45) is 0 Å². The zero-order valence-electron chi connectivity index (χ0n) is 11.4. The van der Waals surface area contributed by atoms with E-state index in [1.165, 1.54) is 12.8 Å². The molecule has 2 unspecified atom stereocenters. The summed E-state index contributed by atoms with van der Waals surface area (Å²) in [6, 6.07) is 0.341. The summed E-state index contributed by atoms with van der Waals surface area (Å²) < 4.78 is 5.46. The van der Waals surface area contributed by atoms with Crippen LogP contribution in [0, 0.1) is 0 Å². The Morgan fingerprint density at radius 2 is 1.94 bits per heavy atom. The van der Waals surface area contributed by atoms with E-state index in [2.05, 4.69) is 5.32 Å². The van der Waals surface area contributed by atoms with Gasteiger partial charge >= 0.3 is 0 Å². The van der Waals surface area contributed by atoms with E-state index in [-0.39, 0.29) is 12.0 Å². The quantitative estimate of drug-likeness (QED) is 0.765. The van der Waals surface area contributed by atoms with E-state index in [1.54, 1.807) is 7.11 Å². The second kappa shape index (κ2) is 7.67. The predicted molar refractivity (Wildman–Crippen MR) is 69.0 cm³/mol. The van der Waals surface area contributed by atoms with Crippen LogP contribution in [0.4, 0.5) is 0 Å². The van der Waals surface area contributed by atoms with Gasteiger partial charge in [0, 0.05) is 26.2 Å². The zero-order chi connectivity index (χ0) is 12.7. The second-order valence-corrected chi connectivity index (χ2v) is 4.61. The van der Waals surface area contributed by atoms with E-state index >= 15 is 0 Å². The fourth-order valence-corrected chi connectivity index (χ4v) is 2.52. The number of amides is 1. The lowest BCUT2D eigenvalue weighted by molar-refractivity contribution is -0.130. The van der Waals surface area contributed by atoms with Gasteiger partial charge in [-0.1, -0.05) is 12.8 Å². The Bertz CT molecular complexity index is 229. The monoisotopic (exact) mass is 242 g/mol. The first-order valence-electron chi connectivity index (χ1n) is 6.76. The first-order chi connectivity index (χ1) is 8.22. The highest BCUT2D eigenvalue weighted by Crippen LogP contribution is 2.20. The number of hydrogen-bond donors (Lipinski definition) is 1. The summed E-state index contributed by atoms with van der Waals surface area (Å²) in [4.78, 5) is 13.7. The Labute approximate surface area is 105 Å². The van der Waals surface area contributed by atoms with Gasteiger partial charge in [0.2, 0.25) is 5.91 Å². The maximum Gasteiger partial charge on any atom is 0.236 e. The SMILES string of the molecule is CCN(CC)C(=O)CNC1CCCCC1OC. The van der Waals surface area contributed by atoms with Crippen molar-refractivity contribution in [2.75, 3.05) is 26.7 Å². The molecule has 1 N–H and O–H groups in total. The summed E-state index contributed by atoms with van der Waals surface area (Å²) in [6.45, 7) is 6.04. The molecule has 100 valence electrons. The molecule has 0 aromatic heterocycles. The number of likely N-dealkylation sites (N-methyl/N-ethyl adjacent to an activating group) is 1. The van der Waals surface area contributed by atoms with Crippen LogP contribution >= 0.6 is 0 Å². The topological polar surface area (TPSA) is 41.6 Å². The van der Waals surface area contributed by atoms with Crippen molar-refractivity contribution in [3.8, 4) is 0 Å². The summed E-state index contributed by atoms with van der Waals surface area (Å²) in [6.07, 6.45) is 4.96. The molecule has 17 heavy (non-hydrogen) atoms. The van der Waals surface area contributed by atoms with E-state index in [1.807, 2.05) is 18.7 Å². The van der Waals surface area contributed by atoms with Crippen molar-refractivity contribution >= 4 is 5.91 Å². The van der Waals surface area contributed by atoms with Crippen molar-refractivity contribution in [2.45, 2.75) is 51.7 Å². The van der Waals surface area contributed by atoms with Crippen LogP contribution in [0.15, 0.2) is 0 Å². The Balaban J connectivity index is 2.35. The van der Waals surface area contributed by atoms with E-state index in [0.29, 0.717) is 12.6 Å². The smallest absolute Gasteiger partial charge is 0.236 e. The van der Waals surface area contributed by atoms with Crippen LogP contribution in [0.2, 0.25) is 0 Å². The molecular formula is C13H26N2O2. The summed E-state index contributed by atoms with van der Waals surface area (Å²) in [5.74, 6) is 0.190. The number of carbonyl (C=O) groups is 1. The molecule has 4 heteroatoms. The lowest BCUT2D eigenvalue weighted by Gasteiger charge is -2.31. The third-order valence-corrected chi connectivity index (χ3v) is 3.64. The van der Waals surface area contributed by atoms with Crippen LogP contribution in [0.25, 0.3) is 0 Å². The molecule has 4 nitrogen and oxygen atoms in total. The minimum Gasteiger partial charge on any atom is -0.380 e. The van der Waals surface area contributed by atoms with Crippen LogP contribution in [-0.2, 0) is 9.53 Å². The summed E-state index contributed by atoms with van der Waals surface area (Å²) in [7, 11) is 1.76. The minimum atomic E-state index is 0.190. The predicted octanol–water partition coefficient (Wildman–Crippen LogP) is 1.40. The van der Waals surface area contributed by atoms with Crippen LogP contribution in [-0.4, -0.2) is 49.7 Å². The first-order valence-corrected chi connectivity index (χ1v) is 6.76. The van der Waals surface area contributed by atoms with Crippen molar-refractivity contribution in [1.82, 2.24) is 10.2 Å². The maximum absolute atomic E-state index is 11.9. The van der Waals surface area contributed by atoms with Crippen LogP contribution < -0.4 is 5.32 Å². The third kappa shape index (κ3) is 4.28. The van der Waals surface area contributed by atoms with Gasteiger partial charge in [0.25, 0.3) is 0 Å². The fraction of sp³-hybridized carbons (Fsp3) is 0.923. The number of rotatable bonds is 6. The van der Waals surface area contributed by atoms with Crippen molar-refractivity contribution in [3.63, 3.8) is 0 Å². The number of ether oxygens (including phenoxy) is 1. The number of methoxy groups -OCH3 is 1. The van der Waals surface area contributed by atoms with Gasteiger partial charge < -0.3 is 15.0 Å². The maximum atomic E-state index is 11.9. The van der Waals surface area contributed by atoms with Gasteiger partial charge in [0.15, 0.2) is 0 Å². The highest BCUT2D eigenvalue weighted by molar-refractivity contribution is 5.78. The van der Waals surface area contributed by atoms with E-state index < -0.39 is 0 Å². The lowest BCUT2D eigenvalue weighted by atomic mass is 9.92. The molecule has 1 aliphatic rings. The Hall–Kier alpha value is -0.610. The molecule has 0 spiro atoms. The number of carbonyl (C=O) groups excluding carboxylic acids is 1. The molecule has 1 saturated carbocycles. The van der Waals surface area contributed by atoms with Crippen LogP contribution in [0.3, 0.4) is 0 Å². The molecule has 1 fully saturated rings. The molecule has 0 heterocycles. The van der Waals surface area contributed by atoms with E-state index in [9.17, 15) is 4.79 Å². The molecule has 0 bridgehead atoms. The minimum absolute atomic E-state index is 0.190. The molecule has 1 rings (SSSR count). The van der Waals surface area contributed by atoms with Crippen molar-refractivity contribution < 1.29 is 9.53 Å². The molecule has 1 aliphatic carbocycles. The third-order valence-electron chi connectivity index (χ3n) is 3.64. The molecule has 0 aromatic carbocycles. The van der Waals surface area contributed by atoms with Crippen LogP contribution in [0.5, 0.6) is 0 Å². The van der Waals surface area contributed by atoms with Gasteiger partial charge in [-0.05, 0) is 26.7 Å². The standard InChI is InChI=1S/C13H26N2O2/c1-4-15(5-2)13(16)10-14-11-8-6-7-9-12(11)17-3/h11-12,14H,4-10H2,1-3H3. The number of nitrogens with one attached hydrogen (secondary N) is 1. The number of nitrogens with zero attached hydrogens (tertiary/aromatic N) is 1. The van der Waals surface area contributed by atoms with E-state index in [4.69, 9.17) is 4.74 Å². The van der Waals surface area contributed by atoms with Gasteiger partial charge in [-0.15, -0.1) is 0 Å². The Morgan fingerprint density at radius 1 is 1.29 bits per heavy atom. The summed E-state index contributed by atoms with van der Waals surface area (Å²) in [5, 5.41) is 3.36. The highest BCUT2D eigenvalue weighted by atomic mass is 16.5. The molecule has 2 atom stereocenters. The molecule has 0 saturated heterocycles. The molecule has 0 aromatic rings. The van der Waals surface area contributed by atoms with E-state index in [0.717, 1.165) is 25.9 Å². The molecule has 0 radical (unpaired) electrons. The first kappa shape index (κ1) is 14.5. The normalized spacial score (nSPS) is 24.6. The van der Waals surface area contributed by atoms with Crippen LogP contribution in [0.1, 0.15) is 39.5 Å². The molecule has 1 amide bonds. The average Bonchev–Trinajstić information content (AvgIpc) is 2.38. The lowest BCUT2D eigenvalue weighted by Crippen LogP contribution is -2.47. The Kier molecular flexibility index (Phi) is 6.52. The fourth-order valence-electron chi connectivity index (χ4n) is 2.52. The zero-order valence-corrected chi connectivity index (χ0v) is 11.4. The van der Waals surface area contributed by atoms with Gasteiger partial charge in [-0.3, -0.25) is 4.79 Å². The van der Waals surface area contributed by atoms with Crippen molar-refractivity contribution in [1.29, 1.82) is 0 Å².